The molecule has 1 aromatic heterocycles. The average Bonchev–Trinajstić information content (AvgIpc) is 2.68. The molecule has 1 saturated heterocycles. The van der Waals surface area contributed by atoms with Crippen molar-refractivity contribution in [2.24, 2.45) is 5.92 Å². The highest BCUT2D eigenvalue weighted by molar-refractivity contribution is 5.79. The Bertz CT molecular complexity index is 551. The van der Waals surface area contributed by atoms with Crippen LogP contribution in [0, 0.1) is 5.92 Å². The molecule has 2 heterocycles. The number of aromatic nitrogens is 2. The van der Waals surface area contributed by atoms with E-state index in [0.29, 0.717) is 5.95 Å². The Hall–Kier alpha value is -1.73. The van der Waals surface area contributed by atoms with Crippen molar-refractivity contribution in [3.63, 3.8) is 0 Å². The average molecular weight is 362 g/mol. The van der Waals surface area contributed by atoms with Gasteiger partial charge in [-0.25, -0.2) is 9.97 Å². The van der Waals surface area contributed by atoms with E-state index >= 15 is 0 Å². The van der Waals surface area contributed by atoms with Crippen LogP contribution >= 0.6 is 0 Å². The van der Waals surface area contributed by atoms with E-state index in [1.165, 1.54) is 0 Å². The van der Waals surface area contributed by atoms with Gasteiger partial charge in [-0.2, -0.15) is 0 Å². The highest BCUT2D eigenvalue weighted by atomic mass is 16.5. The summed E-state index contributed by atoms with van der Waals surface area (Å²) in [6, 6.07) is 2.08. The van der Waals surface area contributed by atoms with E-state index in [2.05, 4.69) is 27.5 Å². The van der Waals surface area contributed by atoms with E-state index in [0.717, 1.165) is 58.3 Å². The number of carbonyl (C=O) groups excluding carboxylic acids is 1. The molecule has 1 aromatic rings. The fourth-order valence-corrected chi connectivity index (χ4v) is 3.70. The van der Waals surface area contributed by atoms with E-state index < -0.39 is 0 Å². The lowest BCUT2D eigenvalue weighted by molar-refractivity contribution is -0.128. The summed E-state index contributed by atoms with van der Waals surface area (Å²) in [5.74, 6) is 0.750. The van der Waals surface area contributed by atoms with Crippen LogP contribution in [0.15, 0.2) is 18.5 Å². The normalized spacial score (nSPS) is 27.0. The van der Waals surface area contributed by atoms with Gasteiger partial charge in [0.1, 0.15) is 0 Å². The van der Waals surface area contributed by atoms with Crippen LogP contribution in [-0.4, -0.2) is 53.9 Å². The van der Waals surface area contributed by atoms with Crippen LogP contribution in [0.1, 0.15) is 45.4 Å². The zero-order valence-electron chi connectivity index (χ0n) is 15.5. The molecular formula is C19H30N4O3. The Labute approximate surface area is 155 Å². The topological polar surface area (TPSA) is 85.4 Å². The van der Waals surface area contributed by atoms with E-state index in [1.807, 2.05) is 0 Å². The fraction of sp³-hybridized carbons (Fsp3) is 0.737. The molecule has 26 heavy (non-hydrogen) atoms. The molecule has 7 nitrogen and oxygen atoms in total. The first-order chi connectivity index (χ1) is 12.8. The van der Waals surface area contributed by atoms with Crippen molar-refractivity contribution in [1.29, 1.82) is 0 Å². The van der Waals surface area contributed by atoms with Crippen LogP contribution in [-0.2, 0) is 14.3 Å². The summed E-state index contributed by atoms with van der Waals surface area (Å²) in [5.41, 5.74) is 0. The van der Waals surface area contributed by atoms with Gasteiger partial charge in [-0.05, 0) is 44.6 Å². The minimum atomic E-state index is 0.000494. The van der Waals surface area contributed by atoms with Crippen LogP contribution in [0.2, 0.25) is 0 Å². The summed E-state index contributed by atoms with van der Waals surface area (Å²) in [6.07, 6.45) is 8.78. The van der Waals surface area contributed by atoms with E-state index in [4.69, 9.17) is 9.47 Å². The lowest BCUT2D eigenvalue weighted by atomic mass is 9.82. The number of hydrogen-bond acceptors (Lipinski definition) is 6. The molecule has 0 spiro atoms. The molecule has 0 aromatic carbocycles. The lowest BCUT2D eigenvalue weighted by Gasteiger charge is -2.36. The molecule has 1 saturated carbocycles. The summed E-state index contributed by atoms with van der Waals surface area (Å²) >= 11 is 0. The van der Waals surface area contributed by atoms with Crippen molar-refractivity contribution in [3.8, 4) is 0 Å². The predicted octanol–water partition coefficient (Wildman–Crippen LogP) is 2.15. The molecule has 2 fully saturated rings. The Balaban J connectivity index is 1.59. The van der Waals surface area contributed by atoms with Crippen molar-refractivity contribution < 1.29 is 14.3 Å². The van der Waals surface area contributed by atoms with Gasteiger partial charge in [0, 0.05) is 44.2 Å². The van der Waals surface area contributed by atoms with Gasteiger partial charge in [-0.15, -0.1) is 0 Å². The standard InChI is InChI=1S/C19H30N4O3/c1-2-10-26-17-5-4-14(18(24)22-15-6-11-25-12-7-15)13-16(17)23-19-20-8-3-9-21-19/h3,8-9,14-17H,2,4-7,10-13H2,1H3,(H,22,24)(H,20,21,23)/t14-,16+,17+/m0/s1. The molecule has 1 aliphatic heterocycles. The first-order valence-corrected chi connectivity index (χ1v) is 9.79. The Morgan fingerprint density at radius 2 is 2.00 bits per heavy atom. The maximum Gasteiger partial charge on any atom is 0.223 e. The van der Waals surface area contributed by atoms with Crippen molar-refractivity contribution in [1.82, 2.24) is 15.3 Å². The van der Waals surface area contributed by atoms with Crippen LogP contribution < -0.4 is 10.6 Å². The number of rotatable bonds is 7. The maximum atomic E-state index is 12.7. The zero-order chi connectivity index (χ0) is 18.2. The second-order valence-electron chi connectivity index (χ2n) is 7.14. The summed E-state index contributed by atoms with van der Waals surface area (Å²) in [6.45, 7) is 4.31. The minimum Gasteiger partial charge on any atom is -0.381 e. The third kappa shape index (κ3) is 5.38. The summed E-state index contributed by atoms with van der Waals surface area (Å²) in [4.78, 5) is 21.3. The number of carbonyl (C=O) groups is 1. The second-order valence-corrected chi connectivity index (χ2v) is 7.14. The lowest BCUT2D eigenvalue weighted by Crippen LogP contribution is -2.48. The van der Waals surface area contributed by atoms with Crippen LogP contribution in [0.4, 0.5) is 5.95 Å². The van der Waals surface area contributed by atoms with Gasteiger partial charge < -0.3 is 20.1 Å². The van der Waals surface area contributed by atoms with E-state index in [-0.39, 0.29) is 30.0 Å². The number of amides is 1. The second kappa shape index (κ2) is 9.83. The quantitative estimate of drug-likeness (QED) is 0.773. The molecule has 0 unspecified atom stereocenters. The van der Waals surface area contributed by atoms with E-state index in [9.17, 15) is 4.79 Å². The van der Waals surface area contributed by atoms with E-state index in [1.54, 1.807) is 18.5 Å². The van der Waals surface area contributed by atoms with Crippen molar-refractivity contribution >= 4 is 11.9 Å². The van der Waals surface area contributed by atoms with Crippen LogP contribution in [0.3, 0.4) is 0 Å². The SMILES string of the molecule is CCCO[C@@H]1CC[C@H](C(=O)NC2CCOCC2)C[C@H]1Nc1ncccn1. The number of nitrogens with one attached hydrogen (secondary N) is 2. The largest absolute Gasteiger partial charge is 0.381 e. The Kier molecular flexibility index (Phi) is 7.20. The van der Waals surface area contributed by atoms with Gasteiger partial charge in [-0.1, -0.05) is 6.92 Å². The summed E-state index contributed by atoms with van der Waals surface area (Å²) in [7, 11) is 0. The molecule has 1 aliphatic carbocycles. The van der Waals surface area contributed by atoms with Gasteiger partial charge in [0.05, 0.1) is 12.1 Å². The maximum absolute atomic E-state index is 12.7. The van der Waals surface area contributed by atoms with Gasteiger partial charge in [0.15, 0.2) is 0 Å². The number of hydrogen-bond donors (Lipinski definition) is 2. The first kappa shape index (κ1) is 19.0. The Morgan fingerprint density at radius 1 is 1.23 bits per heavy atom. The van der Waals surface area contributed by atoms with Gasteiger partial charge in [-0.3, -0.25) is 4.79 Å². The van der Waals surface area contributed by atoms with Crippen LogP contribution in [0.5, 0.6) is 0 Å². The highest BCUT2D eigenvalue weighted by Crippen LogP contribution is 2.29. The van der Waals surface area contributed by atoms with Gasteiger partial charge in [0.2, 0.25) is 11.9 Å². The minimum absolute atomic E-state index is 0.000494. The summed E-state index contributed by atoms with van der Waals surface area (Å²) < 4.78 is 11.4. The Morgan fingerprint density at radius 3 is 2.73 bits per heavy atom. The molecule has 7 heteroatoms. The monoisotopic (exact) mass is 362 g/mol. The van der Waals surface area contributed by atoms with Gasteiger partial charge >= 0.3 is 0 Å². The third-order valence-corrected chi connectivity index (χ3v) is 5.14. The molecule has 144 valence electrons. The summed E-state index contributed by atoms with van der Waals surface area (Å²) in [5, 5.41) is 6.59. The number of nitrogens with zero attached hydrogens (tertiary/aromatic N) is 2. The molecule has 0 radical (unpaired) electrons. The van der Waals surface area contributed by atoms with Crippen LogP contribution in [0.25, 0.3) is 0 Å². The fourth-order valence-electron chi connectivity index (χ4n) is 3.70. The third-order valence-electron chi connectivity index (χ3n) is 5.14. The smallest absolute Gasteiger partial charge is 0.223 e. The van der Waals surface area contributed by atoms with Crippen molar-refractivity contribution in [2.45, 2.75) is 63.6 Å². The predicted molar refractivity (Wildman–Crippen MR) is 98.8 cm³/mol. The first-order valence-electron chi connectivity index (χ1n) is 9.79. The van der Waals surface area contributed by atoms with Crippen molar-refractivity contribution in [3.05, 3.63) is 18.5 Å². The number of ether oxygens (including phenoxy) is 2. The molecule has 3 rings (SSSR count). The van der Waals surface area contributed by atoms with Gasteiger partial charge in [0.25, 0.3) is 0 Å². The zero-order valence-corrected chi connectivity index (χ0v) is 15.5. The highest BCUT2D eigenvalue weighted by Gasteiger charge is 2.35. The molecule has 2 aliphatic rings. The number of anilines is 1. The molecule has 1 amide bonds. The molecule has 2 N–H and O–H groups in total. The molecule has 0 bridgehead atoms. The van der Waals surface area contributed by atoms with Crippen molar-refractivity contribution in [2.75, 3.05) is 25.1 Å². The molecule has 3 atom stereocenters. The molecular weight excluding hydrogens is 332 g/mol.